The van der Waals surface area contributed by atoms with Gasteiger partial charge in [0.1, 0.15) is 10.7 Å². The summed E-state index contributed by atoms with van der Waals surface area (Å²) >= 11 is 0. The molecule has 0 aromatic carbocycles. The Kier molecular flexibility index (Phi) is 5.23. The fraction of sp³-hybridized carbons (Fsp3) is 0.350. The number of aryl methyl sites for hydroxylation is 1. The molecule has 0 saturated carbocycles. The van der Waals surface area contributed by atoms with Gasteiger partial charge in [-0.05, 0) is 49.9 Å². The molecular weight excluding hydrogens is 374 g/mol. The highest BCUT2D eigenvalue weighted by atomic mass is 32.2. The van der Waals surface area contributed by atoms with E-state index in [0.29, 0.717) is 19.0 Å². The van der Waals surface area contributed by atoms with E-state index in [1.807, 2.05) is 24.5 Å². The molecule has 0 N–H and O–H groups in total. The van der Waals surface area contributed by atoms with Crippen molar-refractivity contribution in [2.45, 2.75) is 31.2 Å². The van der Waals surface area contributed by atoms with Crippen molar-refractivity contribution in [3.63, 3.8) is 0 Å². The summed E-state index contributed by atoms with van der Waals surface area (Å²) in [5.74, 6) is 1.32. The zero-order valence-electron chi connectivity index (χ0n) is 15.8. The molecule has 0 spiro atoms. The highest BCUT2D eigenvalue weighted by molar-refractivity contribution is 7.89. The predicted molar refractivity (Wildman–Crippen MR) is 106 cm³/mol. The molecule has 1 saturated heterocycles. The third-order valence-electron chi connectivity index (χ3n) is 5.26. The van der Waals surface area contributed by atoms with Crippen molar-refractivity contribution in [3.05, 3.63) is 60.9 Å². The number of rotatable bonds is 5. The summed E-state index contributed by atoms with van der Waals surface area (Å²) in [6.45, 7) is 3.93. The highest BCUT2D eigenvalue weighted by Crippen LogP contribution is 2.27. The lowest BCUT2D eigenvalue weighted by Gasteiger charge is -2.31. The van der Waals surface area contributed by atoms with Gasteiger partial charge in [0.15, 0.2) is 0 Å². The van der Waals surface area contributed by atoms with Gasteiger partial charge in [0.25, 0.3) is 0 Å². The van der Waals surface area contributed by atoms with Gasteiger partial charge in [-0.2, -0.15) is 4.31 Å². The van der Waals surface area contributed by atoms with Crippen LogP contribution in [0.4, 0.5) is 0 Å². The Balaban J connectivity index is 1.45. The van der Waals surface area contributed by atoms with E-state index in [0.717, 1.165) is 36.5 Å². The average molecular weight is 398 g/mol. The van der Waals surface area contributed by atoms with Crippen LogP contribution in [0.1, 0.15) is 18.5 Å². The topological polar surface area (TPSA) is 81.0 Å². The number of nitrogens with zero attached hydrogens (tertiary/aromatic N) is 5. The van der Waals surface area contributed by atoms with Crippen LogP contribution in [0.5, 0.6) is 0 Å². The molecule has 4 rings (SSSR count). The second kappa shape index (κ2) is 7.81. The quantitative estimate of drug-likeness (QED) is 0.661. The highest BCUT2D eigenvalue weighted by Gasteiger charge is 2.30. The molecule has 0 radical (unpaired) electrons. The monoisotopic (exact) mass is 397 g/mol. The van der Waals surface area contributed by atoms with E-state index in [9.17, 15) is 8.42 Å². The standard InChI is InChI=1S/C20H23N5O2S/c1-16-12-23-20(18-4-2-8-21-13-18)25(16)15-17-6-10-24(11-7-17)28(26,27)19-5-3-9-22-14-19/h2-5,8-9,12-14,17H,6-7,10-11,15H2,1H3. The summed E-state index contributed by atoms with van der Waals surface area (Å²) in [4.78, 5) is 12.9. The summed E-state index contributed by atoms with van der Waals surface area (Å²) in [6, 6.07) is 7.17. The largest absolute Gasteiger partial charge is 0.328 e. The first-order valence-electron chi connectivity index (χ1n) is 9.38. The Morgan fingerprint density at radius 3 is 2.39 bits per heavy atom. The zero-order chi connectivity index (χ0) is 19.6. The Morgan fingerprint density at radius 2 is 1.75 bits per heavy atom. The third-order valence-corrected chi connectivity index (χ3v) is 7.14. The van der Waals surface area contributed by atoms with Crippen LogP contribution in [0.15, 0.2) is 60.1 Å². The van der Waals surface area contributed by atoms with Crippen molar-refractivity contribution < 1.29 is 8.42 Å². The van der Waals surface area contributed by atoms with Crippen LogP contribution in [0.3, 0.4) is 0 Å². The van der Waals surface area contributed by atoms with Crippen molar-refractivity contribution in [3.8, 4) is 11.4 Å². The van der Waals surface area contributed by atoms with Crippen molar-refractivity contribution in [2.24, 2.45) is 5.92 Å². The Morgan fingerprint density at radius 1 is 1.04 bits per heavy atom. The third kappa shape index (κ3) is 3.70. The van der Waals surface area contributed by atoms with Gasteiger partial charge in [-0.1, -0.05) is 0 Å². The molecule has 146 valence electrons. The van der Waals surface area contributed by atoms with Gasteiger partial charge >= 0.3 is 0 Å². The molecule has 0 unspecified atom stereocenters. The van der Waals surface area contributed by atoms with Crippen LogP contribution >= 0.6 is 0 Å². The summed E-state index contributed by atoms with van der Waals surface area (Å²) < 4.78 is 29.3. The molecule has 0 aliphatic carbocycles. The number of pyridine rings is 2. The molecular formula is C20H23N5O2S. The van der Waals surface area contributed by atoms with E-state index in [2.05, 4.69) is 26.4 Å². The maximum atomic E-state index is 12.8. The number of sulfonamides is 1. The average Bonchev–Trinajstić information content (AvgIpc) is 3.10. The fourth-order valence-electron chi connectivity index (χ4n) is 3.66. The molecule has 4 heterocycles. The van der Waals surface area contributed by atoms with E-state index in [4.69, 9.17) is 0 Å². The predicted octanol–water partition coefficient (Wildman–Crippen LogP) is 2.75. The van der Waals surface area contributed by atoms with Gasteiger partial charge in [0.05, 0.1) is 0 Å². The van der Waals surface area contributed by atoms with Crippen LogP contribution in [0, 0.1) is 12.8 Å². The lowest BCUT2D eigenvalue weighted by atomic mass is 9.98. The van der Waals surface area contributed by atoms with Crippen LogP contribution in [-0.2, 0) is 16.6 Å². The first kappa shape index (κ1) is 18.8. The lowest BCUT2D eigenvalue weighted by Crippen LogP contribution is -2.39. The number of hydrogen-bond acceptors (Lipinski definition) is 5. The maximum Gasteiger partial charge on any atom is 0.244 e. The van der Waals surface area contributed by atoms with Crippen LogP contribution < -0.4 is 0 Å². The number of hydrogen-bond donors (Lipinski definition) is 0. The van der Waals surface area contributed by atoms with Crippen LogP contribution in [0.2, 0.25) is 0 Å². The Bertz CT molecular complexity index is 1030. The Hall–Kier alpha value is -2.58. The normalized spacial score (nSPS) is 16.3. The van der Waals surface area contributed by atoms with Gasteiger partial charge in [0.2, 0.25) is 10.0 Å². The SMILES string of the molecule is Cc1cnc(-c2cccnc2)n1CC1CCN(S(=O)(=O)c2cccnc2)CC1. The second-order valence-corrected chi connectivity index (χ2v) is 9.05. The van der Waals surface area contributed by atoms with E-state index < -0.39 is 10.0 Å². The minimum atomic E-state index is -3.46. The van der Waals surface area contributed by atoms with Gasteiger partial charge in [-0.25, -0.2) is 13.4 Å². The molecule has 3 aromatic rings. The molecule has 1 fully saturated rings. The van der Waals surface area contributed by atoms with E-state index in [-0.39, 0.29) is 4.90 Å². The van der Waals surface area contributed by atoms with Gasteiger partial charge < -0.3 is 4.57 Å². The Labute approximate surface area is 165 Å². The zero-order valence-corrected chi connectivity index (χ0v) is 16.6. The summed E-state index contributed by atoms with van der Waals surface area (Å²) in [5, 5.41) is 0. The minimum absolute atomic E-state index is 0.262. The summed E-state index contributed by atoms with van der Waals surface area (Å²) in [6.07, 6.45) is 10.1. The molecule has 0 bridgehead atoms. The first-order valence-corrected chi connectivity index (χ1v) is 10.8. The van der Waals surface area contributed by atoms with E-state index >= 15 is 0 Å². The molecule has 7 nitrogen and oxygen atoms in total. The van der Waals surface area contributed by atoms with E-state index in [1.165, 1.54) is 6.20 Å². The minimum Gasteiger partial charge on any atom is -0.328 e. The van der Waals surface area contributed by atoms with Crippen LogP contribution in [-0.4, -0.2) is 45.3 Å². The molecule has 1 aliphatic rings. The number of piperidine rings is 1. The van der Waals surface area contributed by atoms with Crippen molar-refractivity contribution in [1.82, 2.24) is 23.8 Å². The lowest BCUT2D eigenvalue weighted by molar-refractivity contribution is 0.252. The fourth-order valence-corrected chi connectivity index (χ4v) is 5.09. The van der Waals surface area contributed by atoms with Gasteiger partial charge in [-0.15, -0.1) is 0 Å². The molecule has 1 aliphatic heterocycles. The van der Waals surface area contributed by atoms with E-state index in [1.54, 1.807) is 28.8 Å². The van der Waals surface area contributed by atoms with Crippen LogP contribution in [0.25, 0.3) is 11.4 Å². The van der Waals surface area contributed by atoms with Crippen molar-refractivity contribution in [1.29, 1.82) is 0 Å². The first-order chi connectivity index (χ1) is 13.6. The molecule has 3 aromatic heterocycles. The van der Waals surface area contributed by atoms with Crippen molar-refractivity contribution >= 4 is 10.0 Å². The summed E-state index contributed by atoms with van der Waals surface area (Å²) in [5.41, 5.74) is 2.09. The smallest absolute Gasteiger partial charge is 0.244 e. The summed E-state index contributed by atoms with van der Waals surface area (Å²) in [7, 11) is -3.46. The molecule has 0 atom stereocenters. The molecule has 28 heavy (non-hydrogen) atoms. The number of imidazole rings is 1. The van der Waals surface area contributed by atoms with Crippen molar-refractivity contribution in [2.75, 3.05) is 13.1 Å². The van der Waals surface area contributed by atoms with Gasteiger partial charge in [-0.3, -0.25) is 9.97 Å². The maximum absolute atomic E-state index is 12.8. The second-order valence-electron chi connectivity index (χ2n) is 7.11. The molecule has 0 amide bonds. The number of aromatic nitrogens is 4. The molecule has 8 heteroatoms. The van der Waals surface area contributed by atoms with Gasteiger partial charge in [0, 0.05) is 61.9 Å².